The van der Waals surface area contributed by atoms with Crippen molar-refractivity contribution in [3.05, 3.63) is 71.7 Å². The lowest BCUT2D eigenvalue weighted by molar-refractivity contribution is 0.376. The summed E-state index contributed by atoms with van der Waals surface area (Å²) in [5.41, 5.74) is 4.62. The Kier molecular flexibility index (Phi) is 7.01. The van der Waals surface area contributed by atoms with Crippen molar-refractivity contribution >= 4 is 17.5 Å². The highest BCUT2D eigenvalue weighted by Gasteiger charge is 2.09. The van der Waals surface area contributed by atoms with E-state index in [2.05, 4.69) is 32.3 Å². The van der Waals surface area contributed by atoms with Crippen molar-refractivity contribution in [1.29, 1.82) is 5.41 Å². The number of halogens is 1. The number of aromatic nitrogens is 3. The summed E-state index contributed by atoms with van der Waals surface area (Å²) in [5, 5.41) is 8.32. The van der Waals surface area contributed by atoms with Gasteiger partial charge in [-0.2, -0.15) is 0 Å². The van der Waals surface area contributed by atoms with Crippen LogP contribution in [-0.2, 0) is 0 Å². The van der Waals surface area contributed by atoms with E-state index in [1.54, 1.807) is 24.4 Å². The van der Waals surface area contributed by atoms with Crippen LogP contribution in [-0.4, -0.2) is 27.8 Å². The number of nitrogens with one attached hydrogen (secondary N) is 3. The molecule has 31 heavy (non-hydrogen) atoms. The van der Waals surface area contributed by atoms with Crippen molar-refractivity contribution in [2.24, 2.45) is 5.92 Å². The first-order chi connectivity index (χ1) is 14.9. The van der Waals surface area contributed by atoms with Crippen LogP contribution in [0.15, 0.2) is 48.8 Å². The Morgan fingerprint density at radius 1 is 1.23 bits per heavy atom. The van der Waals surface area contributed by atoms with Crippen molar-refractivity contribution in [3.8, 4) is 23.5 Å². The van der Waals surface area contributed by atoms with Gasteiger partial charge in [0.15, 0.2) is 5.75 Å². The highest BCUT2D eigenvalue weighted by atomic mass is 19.1. The monoisotopic (exact) mass is 419 g/mol. The first-order valence-electron chi connectivity index (χ1n) is 9.50. The molecule has 0 aliphatic rings. The molecule has 0 saturated carbocycles. The molecule has 0 radical (unpaired) electrons. The van der Waals surface area contributed by atoms with E-state index in [0.717, 1.165) is 5.69 Å². The van der Waals surface area contributed by atoms with Crippen LogP contribution < -0.4 is 15.1 Å². The van der Waals surface area contributed by atoms with Gasteiger partial charge in [-0.3, -0.25) is 0 Å². The molecule has 3 N–H and O–H groups in total. The average molecular weight is 419 g/mol. The van der Waals surface area contributed by atoms with Crippen molar-refractivity contribution in [3.63, 3.8) is 0 Å². The minimum atomic E-state index is -0.357. The number of methoxy groups -OCH3 is 1. The molecule has 8 heteroatoms. The Bertz CT molecular complexity index is 1140. The van der Waals surface area contributed by atoms with E-state index >= 15 is 0 Å². The van der Waals surface area contributed by atoms with Gasteiger partial charge in [-0.15, -0.1) is 0 Å². The quantitative estimate of drug-likeness (QED) is 0.299. The Morgan fingerprint density at radius 3 is 2.71 bits per heavy atom. The fourth-order valence-corrected chi connectivity index (χ4v) is 2.42. The maximum absolute atomic E-state index is 13.0. The molecule has 0 aliphatic heterocycles. The van der Waals surface area contributed by atoms with Crippen LogP contribution in [0.1, 0.15) is 30.9 Å². The van der Waals surface area contributed by atoms with Crippen LogP contribution in [0.3, 0.4) is 0 Å². The number of anilines is 1. The molecular weight excluding hydrogens is 397 g/mol. The molecular formula is C23H22FN5O2. The number of benzene rings is 1. The van der Waals surface area contributed by atoms with E-state index in [0.29, 0.717) is 28.7 Å². The van der Waals surface area contributed by atoms with Gasteiger partial charge in [-0.25, -0.2) is 19.8 Å². The van der Waals surface area contributed by atoms with Gasteiger partial charge in [0.1, 0.15) is 23.0 Å². The molecule has 2 heterocycles. The van der Waals surface area contributed by atoms with E-state index in [4.69, 9.17) is 15.0 Å². The predicted molar refractivity (Wildman–Crippen MR) is 118 cm³/mol. The Balaban J connectivity index is 1.71. The van der Waals surface area contributed by atoms with E-state index in [1.807, 2.05) is 13.8 Å². The van der Waals surface area contributed by atoms with Gasteiger partial charge in [-0.1, -0.05) is 19.8 Å². The summed E-state index contributed by atoms with van der Waals surface area (Å²) in [6, 6.07) is 7.22. The zero-order valence-corrected chi connectivity index (χ0v) is 17.4. The average Bonchev–Trinajstić information content (AvgIpc) is 3.23. The van der Waals surface area contributed by atoms with Gasteiger partial charge in [0.25, 0.3) is 0 Å². The third kappa shape index (κ3) is 6.18. The van der Waals surface area contributed by atoms with E-state index in [9.17, 15) is 4.39 Å². The molecule has 3 rings (SSSR count). The molecule has 3 aromatic rings. The number of aromatic amines is 1. The van der Waals surface area contributed by atoms with E-state index < -0.39 is 0 Å². The first-order valence-corrected chi connectivity index (χ1v) is 9.50. The number of pyridine rings is 1. The maximum atomic E-state index is 13.0. The van der Waals surface area contributed by atoms with Crippen LogP contribution in [0.2, 0.25) is 0 Å². The number of H-pyrrole nitrogens is 1. The summed E-state index contributed by atoms with van der Waals surface area (Å²) < 4.78 is 18.3. The summed E-state index contributed by atoms with van der Waals surface area (Å²) in [6.07, 6.45) is 6.47. The van der Waals surface area contributed by atoms with Gasteiger partial charge in [-0.05, 0) is 48.4 Å². The molecule has 158 valence electrons. The topological polar surface area (TPSA) is 95.9 Å². The van der Waals surface area contributed by atoms with Crippen LogP contribution in [0.4, 0.5) is 10.1 Å². The van der Waals surface area contributed by atoms with Crippen molar-refractivity contribution in [2.75, 3.05) is 12.6 Å². The van der Waals surface area contributed by atoms with Gasteiger partial charge in [0, 0.05) is 17.7 Å². The molecule has 0 atom stereocenters. The second-order valence-electron chi connectivity index (χ2n) is 6.79. The number of nitrogens with zero attached hydrogens (tertiary/aromatic N) is 2. The number of rotatable bonds is 7. The lowest BCUT2D eigenvalue weighted by atomic mass is 10.1. The van der Waals surface area contributed by atoms with Crippen molar-refractivity contribution in [1.82, 2.24) is 15.0 Å². The number of imidazole rings is 1. The summed E-state index contributed by atoms with van der Waals surface area (Å²) in [4.78, 5) is 17.0. The summed E-state index contributed by atoms with van der Waals surface area (Å²) >= 11 is 0. The standard InChI is InChI=1S/C23H22FN5O2/c1-15(2)4-7-18-14-26-22(28-18)11-10-20(25)16-12-21(23(30-3)27-13-16)29-31-19-8-5-17(24)6-9-19/h5-6,8-15,25,29H,1-3H3,(H,26,28)/b11-10-,25-20?. The highest BCUT2D eigenvalue weighted by Crippen LogP contribution is 2.24. The third-order valence-electron chi connectivity index (χ3n) is 3.95. The number of hydrogen-bond donors (Lipinski definition) is 3. The first kappa shape index (κ1) is 21.6. The van der Waals surface area contributed by atoms with Crippen molar-refractivity contribution in [2.45, 2.75) is 13.8 Å². The molecule has 0 saturated heterocycles. The van der Waals surface area contributed by atoms with Gasteiger partial charge < -0.3 is 20.0 Å². The SMILES string of the molecule is COc1ncc(C(=N)/C=C\c2ncc(C#CC(C)C)[nH]2)cc1NOc1ccc(F)cc1. The lowest BCUT2D eigenvalue weighted by Crippen LogP contribution is -2.08. The Hall–Kier alpha value is -4.12. The zero-order valence-electron chi connectivity index (χ0n) is 17.4. The van der Waals surface area contributed by atoms with Crippen LogP contribution in [0.25, 0.3) is 6.08 Å². The van der Waals surface area contributed by atoms with Crippen LogP contribution in [0.5, 0.6) is 11.6 Å². The fraction of sp³-hybridized carbons (Fsp3) is 0.174. The van der Waals surface area contributed by atoms with Crippen LogP contribution in [0, 0.1) is 29.0 Å². The molecule has 0 aliphatic carbocycles. The maximum Gasteiger partial charge on any atom is 0.240 e. The van der Waals surface area contributed by atoms with Gasteiger partial charge in [0.2, 0.25) is 5.88 Å². The number of ether oxygens (including phenoxy) is 1. The fourth-order valence-electron chi connectivity index (χ4n) is 2.42. The third-order valence-corrected chi connectivity index (χ3v) is 3.95. The Labute approximate surface area is 179 Å². The second kappa shape index (κ2) is 10.1. The predicted octanol–water partition coefficient (Wildman–Crippen LogP) is 4.45. The molecule has 0 unspecified atom stereocenters. The van der Waals surface area contributed by atoms with Gasteiger partial charge >= 0.3 is 0 Å². The molecule has 0 spiro atoms. The number of hydrogen-bond acceptors (Lipinski definition) is 6. The lowest BCUT2D eigenvalue weighted by Gasteiger charge is -2.12. The smallest absolute Gasteiger partial charge is 0.240 e. The normalized spacial score (nSPS) is 10.6. The van der Waals surface area contributed by atoms with Crippen LogP contribution >= 0.6 is 0 Å². The summed E-state index contributed by atoms with van der Waals surface area (Å²) in [6.45, 7) is 4.03. The Morgan fingerprint density at radius 2 is 2.00 bits per heavy atom. The summed E-state index contributed by atoms with van der Waals surface area (Å²) in [5.74, 6) is 7.29. The van der Waals surface area contributed by atoms with E-state index in [1.165, 1.54) is 37.6 Å². The molecule has 0 fully saturated rings. The molecule has 0 amide bonds. The second-order valence-corrected chi connectivity index (χ2v) is 6.79. The zero-order chi connectivity index (χ0) is 22.2. The molecule has 1 aromatic carbocycles. The minimum absolute atomic E-state index is 0.214. The molecule has 7 nitrogen and oxygen atoms in total. The number of allylic oxidation sites excluding steroid dienone is 1. The van der Waals surface area contributed by atoms with E-state index in [-0.39, 0.29) is 17.4 Å². The minimum Gasteiger partial charge on any atom is -0.479 e. The van der Waals surface area contributed by atoms with Gasteiger partial charge in [0.05, 0.1) is 19.0 Å². The molecule has 0 bridgehead atoms. The molecule has 2 aromatic heterocycles. The highest BCUT2D eigenvalue weighted by molar-refractivity contribution is 6.08. The van der Waals surface area contributed by atoms with Crippen molar-refractivity contribution < 1.29 is 14.0 Å². The summed E-state index contributed by atoms with van der Waals surface area (Å²) in [7, 11) is 1.48. The largest absolute Gasteiger partial charge is 0.479 e.